The lowest BCUT2D eigenvalue weighted by atomic mass is 9.83. The van der Waals surface area contributed by atoms with Crippen LogP contribution in [0.4, 0.5) is 4.79 Å². The summed E-state index contributed by atoms with van der Waals surface area (Å²) >= 11 is 0. The Hall–Kier alpha value is -7.11. The molecule has 10 unspecified atom stereocenters. The van der Waals surface area contributed by atoms with Crippen molar-refractivity contribution in [2.75, 3.05) is 68.1 Å². The first-order chi connectivity index (χ1) is 54.9. The lowest BCUT2D eigenvalue weighted by Gasteiger charge is -2.41. The van der Waals surface area contributed by atoms with Crippen molar-refractivity contribution in [2.24, 2.45) is 58.8 Å². The average Bonchev–Trinajstić information content (AvgIpc) is 1.50. The fourth-order valence-electron chi connectivity index (χ4n) is 17.0. The molecule has 0 saturated carbocycles. The molecular weight excluding hydrogens is 1500 g/mol. The van der Waals surface area contributed by atoms with Crippen molar-refractivity contribution < 1.29 is 107 Å². The summed E-state index contributed by atoms with van der Waals surface area (Å²) in [5.41, 5.74) is 13.2. The number of Topliss-reactive ketones (excluding diaryl/α,β-unsaturated/α-hetero) is 5. The summed E-state index contributed by atoms with van der Waals surface area (Å²) in [4.78, 5) is 157. The van der Waals surface area contributed by atoms with Gasteiger partial charge in [-0.15, -0.1) is 0 Å². The molecule has 0 radical (unpaired) electrons. The molecule has 31 heteroatoms. The van der Waals surface area contributed by atoms with E-state index in [-0.39, 0.29) is 161 Å². The van der Waals surface area contributed by atoms with Gasteiger partial charge in [0.05, 0.1) is 79.7 Å². The predicted octanol–water partition coefficient (Wildman–Crippen LogP) is 2.24. The molecule has 0 spiro atoms. The summed E-state index contributed by atoms with van der Waals surface area (Å²) in [7, 11) is 8.56. The van der Waals surface area contributed by atoms with E-state index in [1.165, 1.54) is 7.11 Å². The third-order valence-electron chi connectivity index (χ3n) is 24.0. The van der Waals surface area contributed by atoms with Gasteiger partial charge >= 0.3 is 6.03 Å². The minimum Gasteiger partial charge on any atom is -0.388 e. The molecule has 31 nitrogen and oxygen atoms in total. The van der Waals surface area contributed by atoms with Crippen LogP contribution in [0.25, 0.3) is 0 Å². The third kappa shape index (κ3) is 27.7. The van der Waals surface area contributed by atoms with Crippen molar-refractivity contribution in [3.05, 3.63) is 71.3 Å². The monoisotopic (exact) mass is 1630 g/mol. The quantitative estimate of drug-likeness (QED) is 0.0423. The number of amides is 7. The Balaban J connectivity index is 1.01. The summed E-state index contributed by atoms with van der Waals surface area (Å²) in [6.45, 7) is 17.5. The van der Waals surface area contributed by atoms with E-state index in [1.807, 2.05) is 103 Å². The van der Waals surface area contributed by atoms with Crippen molar-refractivity contribution in [3.63, 3.8) is 0 Å². The van der Waals surface area contributed by atoms with Gasteiger partial charge in [-0.3, -0.25) is 52.8 Å². The van der Waals surface area contributed by atoms with Crippen LogP contribution < -0.4 is 32.7 Å². The van der Waals surface area contributed by atoms with Gasteiger partial charge in [0.25, 0.3) is 0 Å². The highest BCUT2D eigenvalue weighted by atomic mass is 16.6. The van der Waals surface area contributed by atoms with Crippen LogP contribution >= 0.6 is 0 Å². The highest BCUT2D eigenvalue weighted by Crippen LogP contribution is 2.35. The Bertz CT molecular complexity index is 3510. The number of hydrogen-bond donors (Lipinski definition) is 12. The van der Waals surface area contributed by atoms with E-state index in [2.05, 4.69) is 21.3 Å². The normalized spacial score (nSPS) is 25.4. The number of aliphatic hydroxyl groups is 6. The summed E-state index contributed by atoms with van der Waals surface area (Å²) in [5, 5.41) is 74.7. The van der Waals surface area contributed by atoms with Crippen LogP contribution in [0.1, 0.15) is 169 Å². The molecule has 4 aliphatic rings. The van der Waals surface area contributed by atoms with E-state index in [1.54, 1.807) is 56.9 Å². The smallest absolute Gasteiger partial charge is 0.312 e. The number of nitrogens with two attached hydrogens (primary N) is 2. The number of rotatable bonds is 50. The molecule has 652 valence electrons. The molecule has 4 fully saturated rings. The van der Waals surface area contributed by atoms with Gasteiger partial charge in [0.2, 0.25) is 29.5 Å². The van der Waals surface area contributed by atoms with E-state index in [9.17, 15) is 83.4 Å². The molecule has 23 atom stereocenters. The minimum absolute atomic E-state index is 0.00247. The molecule has 6 rings (SSSR count). The van der Waals surface area contributed by atoms with Gasteiger partial charge in [0.1, 0.15) is 60.1 Å². The summed E-state index contributed by atoms with van der Waals surface area (Å²) < 4.78 is 29.4. The van der Waals surface area contributed by atoms with Gasteiger partial charge < -0.3 is 96.9 Å². The van der Waals surface area contributed by atoms with Crippen LogP contribution in [0.3, 0.4) is 0 Å². The number of hydrogen-bond acceptors (Lipinski definition) is 24. The zero-order chi connectivity index (χ0) is 86.1. The molecule has 0 bridgehead atoms. The second-order valence-corrected chi connectivity index (χ2v) is 33.7. The highest BCUT2D eigenvalue weighted by molar-refractivity contribution is 5.94. The largest absolute Gasteiger partial charge is 0.388 e. The van der Waals surface area contributed by atoms with Gasteiger partial charge in [-0.1, -0.05) is 123 Å². The van der Waals surface area contributed by atoms with E-state index in [0.717, 1.165) is 11.1 Å². The van der Waals surface area contributed by atoms with Crippen molar-refractivity contribution in [1.82, 2.24) is 36.0 Å². The molecule has 0 aromatic heterocycles. The van der Waals surface area contributed by atoms with Gasteiger partial charge in [0, 0.05) is 123 Å². The van der Waals surface area contributed by atoms with E-state index < -0.39 is 170 Å². The van der Waals surface area contributed by atoms with Crippen molar-refractivity contribution in [3.8, 4) is 0 Å². The molecule has 116 heavy (non-hydrogen) atoms. The maximum absolute atomic E-state index is 14.7. The number of nitrogens with zero attached hydrogens (tertiary/aromatic N) is 3. The molecule has 2 aromatic carbocycles. The number of ketones is 5. The van der Waals surface area contributed by atoms with Crippen molar-refractivity contribution in [1.29, 1.82) is 0 Å². The number of carbonyl (C=O) groups is 11. The number of primary amides is 1. The SMILES string of the molecule is CC[C@H](C)[C@@H](C(CC(=O)N1CCCC1C(OC)C(C)C(=O)C[C@@H](Cc1ccccc1)C(=O)NCCc1ccc(CC(=O)[C@@H](CCCNC(N)=O)NC(=O)[C@H](CC(=O)C[C@@H]2O[C@H](CNC(=O)CC3O[C@H](CCC(=O)C[C@@H]4O[C@H](CN)C(O)C4O)[C@@H](O)[C@H]3O)C(O)C2O)C(C)C)cc1)OC)N(C)C(=O)[C@@H](CC(=O)C(C(C)C)N(C)C)C(C)C. The maximum Gasteiger partial charge on any atom is 0.312 e. The van der Waals surface area contributed by atoms with Crippen molar-refractivity contribution in [2.45, 2.75) is 281 Å². The van der Waals surface area contributed by atoms with Gasteiger partial charge in [0.15, 0.2) is 11.6 Å². The highest BCUT2D eigenvalue weighted by Gasteiger charge is 2.49. The Labute approximate surface area is 683 Å². The number of ether oxygens (including phenoxy) is 5. The lowest BCUT2D eigenvalue weighted by Crippen LogP contribution is -2.54. The number of carbonyl (C=O) groups excluding carboxylic acids is 11. The summed E-state index contributed by atoms with van der Waals surface area (Å²) in [6.07, 6.45) is -15.3. The van der Waals surface area contributed by atoms with Gasteiger partial charge in [-0.05, 0) is 99.4 Å². The first-order valence-electron chi connectivity index (χ1n) is 41.5. The summed E-state index contributed by atoms with van der Waals surface area (Å²) in [6, 6.07) is 13.4. The zero-order valence-corrected chi connectivity index (χ0v) is 70.5. The van der Waals surface area contributed by atoms with Crippen molar-refractivity contribution >= 4 is 64.5 Å². The number of likely N-dealkylation sites (tertiary alicyclic amines) is 1. The van der Waals surface area contributed by atoms with E-state index in [0.29, 0.717) is 37.8 Å². The Kier molecular flexibility index (Phi) is 39.6. The molecule has 2 aromatic rings. The fourth-order valence-corrected chi connectivity index (χ4v) is 17.0. The van der Waals surface area contributed by atoms with Gasteiger partial charge in [-0.2, -0.15) is 0 Å². The molecule has 4 heterocycles. The minimum atomic E-state index is -1.57. The number of methoxy groups -OCH3 is 2. The lowest BCUT2D eigenvalue weighted by molar-refractivity contribution is -0.149. The fraction of sp³-hybridized carbons (Fsp3) is 0.729. The molecule has 4 aliphatic heterocycles. The zero-order valence-electron chi connectivity index (χ0n) is 70.5. The van der Waals surface area contributed by atoms with Crippen LogP contribution in [-0.2, 0) is 90.9 Å². The topological polar surface area (TPSA) is 465 Å². The third-order valence-corrected chi connectivity index (χ3v) is 24.0. The first-order valence-corrected chi connectivity index (χ1v) is 41.5. The molecule has 14 N–H and O–H groups in total. The molecule has 0 aliphatic carbocycles. The number of urea groups is 1. The maximum atomic E-state index is 14.7. The number of likely N-dealkylation sites (N-methyl/N-ethyl adjacent to an activating group) is 2. The number of aliphatic hydroxyl groups excluding tert-OH is 6. The standard InChI is InChI=1S/C85H135N9O22/c1-15-49(8)74(93(12)84(110)58(47(4)5)41-63(99)73(48(6)7)92(10)11)65(112-13)43-72(101)94-34-20-24-60(94)81(113-14)50(9)61(97)37-54(35-52-21-17-16-18-22-52)82(108)88-33-31-51-25-27-53(28-26-51)36-62(98)59(23-19-32-89-85(87)111)91-83(109)57(46(2)3)38-56(96)40-67-77(104)80(107)70(116-67)45-90-71(100)42-68-78(105)75(102)64(114-68)30-29-55(95)39-66-76(103)79(106)69(44-86)115-66/h16-18,21-22,25-28,46-50,54,57-60,64-70,73-81,102-107H,15,19-20,23-24,29-45,86H2,1-14H3,(H,88,108)(H,90,100)(H,91,109)(H3,87,89,111)/t49-,50?,54+,57+,58-,59+,60?,64+,65?,66-,67-,68?,69+,70+,73?,74-,75+,76?,77?,78-,79?,80?,81?/m0/s1. The van der Waals surface area contributed by atoms with Crippen LogP contribution in [-0.4, -0.2) is 288 Å². The van der Waals surface area contributed by atoms with Gasteiger partial charge in [-0.25, -0.2) is 4.79 Å². The number of nitrogens with one attached hydrogen (secondary N) is 4. The van der Waals surface area contributed by atoms with Crippen LogP contribution in [0, 0.1) is 47.3 Å². The van der Waals surface area contributed by atoms with Crippen LogP contribution in [0.15, 0.2) is 54.6 Å². The molecule has 4 saturated heterocycles. The Morgan fingerprint density at radius 3 is 1.75 bits per heavy atom. The van der Waals surface area contributed by atoms with Crippen LogP contribution in [0.5, 0.6) is 0 Å². The average molecular weight is 1640 g/mol. The van der Waals surface area contributed by atoms with E-state index in [4.69, 9.17) is 35.2 Å². The predicted molar refractivity (Wildman–Crippen MR) is 430 cm³/mol. The Morgan fingerprint density at radius 2 is 1.18 bits per heavy atom. The summed E-state index contributed by atoms with van der Waals surface area (Å²) in [5.74, 6) is -7.06. The molecule has 7 amide bonds. The van der Waals surface area contributed by atoms with E-state index >= 15 is 0 Å². The second-order valence-electron chi connectivity index (χ2n) is 33.7. The molecular formula is C85H135N9O22. The Morgan fingerprint density at radius 1 is 0.603 bits per heavy atom. The second kappa shape index (κ2) is 47.0. The number of benzene rings is 2. The van der Waals surface area contributed by atoms with Crippen LogP contribution in [0.2, 0.25) is 0 Å². The first kappa shape index (κ1) is 97.7.